The summed E-state index contributed by atoms with van der Waals surface area (Å²) in [5.74, 6) is -0.509. The molecule has 0 radical (unpaired) electrons. The smallest absolute Gasteiger partial charge is 0.407 e. The summed E-state index contributed by atoms with van der Waals surface area (Å²) in [6, 6.07) is 9.18. The summed E-state index contributed by atoms with van der Waals surface area (Å²) in [6.45, 7) is 1.32. The van der Waals surface area contributed by atoms with E-state index >= 15 is 0 Å². The van der Waals surface area contributed by atoms with Gasteiger partial charge in [-0.2, -0.15) is 12.6 Å². The molecule has 1 aromatic carbocycles. The minimum atomic E-state index is -0.707. The largest absolute Gasteiger partial charge is 0.445 e. The highest BCUT2D eigenvalue weighted by Gasteiger charge is 2.17. The topological polar surface area (TPSA) is 75.7 Å². The minimum absolute atomic E-state index is 0.119. The third-order valence-electron chi connectivity index (χ3n) is 2.60. The molecule has 0 spiro atoms. The van der Waals surface area contributed by atoms with Crippen LogP contribution in [0.5, 0.6) is 0 Å². The Morgan fingerprint density at radius 1 is 1.24 bits per heavy atom. The number of rotatable bonds is 6. The van der Waals surface area contributed by atoms with Crippen LogP contribution in [0.4, 0.5) is 4.79 Å². The highest BCUT2D eigenvalue weighted by molar-refractivity contribution is 7.80. The molecule has 1 rings (SSSR count). The third kappa shape index (κ3) is 6.31. The van der Waals surface area contributed by atoms with Gasteiger partial charge in [0.2, 0.25) is 11.8 Å². The molecule has 1 N–H and O–H groups in total. The van der Waals surface area contributed by atoms with Gasteiger partial charge in [0.1, 0.15) is 13.2 Å². The van der Waals surface area contributed by atoms with Crippen molar-refractivity contribution in [3.8, 4) is 0 Å². The zero-order valence-corrected chi connectivity index (χ0v) is 12.6. The van der Waals surface area contributed by atoms with Crippen molar-refractivity contribution in [2.45, 2.75) is 13.5 Å². The fourth-order valence-electron chi connectivity index (χ4n) is 1.58. The second-order valence-electron chi connectivity index (χ2n) is 4.20. The molecule has 0 aliphatic carbocycles. The van der Waals surface area contributed by atoms with Gasteiger partial charge in [0.15, 0.2) is 0 Å². The van der Waals surface area contributed by atoms with Crippen LogP contribution in [0.15, 0.2) is 30.3 Å². The van der Waals surface area contributed by atoms with E-state index in [1.807, 2.05) is 30.3 Å². The maximum absolute atomic E-state index is 11.8. The monoisotopic (exact) mass is 310 g/mol. The Bertz CT molecular complexity index is 493. The van der Waals surface area contributed by atoms with E-state index in [4.69, 9.17) is 4.74 Å². The molecule has 0 aromatic heterocycles. The summed E-state index contributed by atoms with van der Waals surface area (Å²) >= 11 is 3.97. The second kappa shape index (κ2) is 9.02. The predicted octanol–water partition coefficient (Wildman–Crippen LogP) is 1.22. The summed E-state index contributed by atoms with van der Waals surface area (Å²) < 4.78 is 4.96. The van der Waals surface area contributed by atoms with E-state index in [1.54, 1.807) is 0 Å². The maximum atomic E-state index is 11.8. The molecule has 1 aromatic rings. The number of thiol groups is 1. The molecule has 0 heterocycles. The van der Waals surface area contributed by atoms with Gasteiger partial charge < -0.3 is 10.1 Å². The fraction of sp³-hybridized carbons (Fsp3) is 0.357. The first-order chi connectivity index (χ1) is 10.0. The Balaban J connectivity index is 2.35. The number of hydrogen-bond donors (Lipinski definition) is 2. The Hall–Kier alpha value is -2.02. The highest BCUT2D eigenvalue weighted by atomic mass is 32.1. The fourth-order valence-corrected chi connectivity index (χ4v) is 1.78. The summed E-state index contributed by atoms with van der Waals surface area (Å²) in [4.78, 5) is 35.5. The Morgan fingerprint density at radius 3 is 2.48 bits per heavy atom. The zero-order valence-electron chi connectivity index (χ0n) is 11.7. The van der Waals surface area contributed by atoms with Crippen molar-refractivity contribution in [3.05, 3.63) is 35.9 Å². The van der Waals surface area contributed by atoms with Crippen LogP contribution in [0.3, 0.4) is 0 Å². The van der Waals surface area contributed by atoms with E-state index in [9.17, 15) is 14.4 Å². The lowest BCUT2D eigenvalue weighted by Crippen LogP contribution is -2.43. The van der Waals surface area contributed by atoms with E-state index in [0.717, 1.165) is 10.5 Å². The van der Waals surface area contributed by atoms with Gasteiger partial charge in [0.05, 0.1) is 0 Å². The van der Waals surface area contributed by atoms with Crippen molar-refractivity contribution in [2.24, 2.45) is 0 Å². The van der Waals surface area contributed by atoms with Gasteiger partial charge in [-0.15, -0.1) is 0 Å². The molecular formula is C14H18N2O4S. The van der Waals surface area contributed by atoms with E-state index in [1.165, 1.54) is 6.92 Å². The van der Waals surface area contributed by atoms with Gasteiger partial charge in [-0.25, -0.2) is 4.79 Å². The number of carbonyl (C=O) groups is 3. The number of ether oxygens (including phenoxy) is 1. The van der Waals surface area contributed by atoms with E-state index in [2.05, 4.69) is 17.9 Å². The number of benzene rings is 1. The van der Waals surface area contributed by atoms with E-state index in [0.29, 0.717) is 5.75 Å². The summed E-state index contributed by atoms with van der Waals surface area (Å²) in [5, 5.41) is 2.32. The molecule has 21 heavy (non-hydrogen) atoms. The number of imide groups is 1. The molecule has 0 saturated carbocycles. The van der Waals surface area contributed by atoms with Crippen LogP contribution in [0.2, 0.25) is 0 Å². The lowest BCUT2D eigenvalue weighted by molar-refractivity contribution is -0.142. The standard InChI is InChI=1S/C14H18N2O4S/c1-11(17)16(7-8-21)13(18)9-15-14(19)20-10-12-5-3-2-4-6-12/h2-6,21H,7-10H2,1H3,(H,15,19). The van der Waals surface area contributed by atoms with Gasteiger partial charge in [-0.05, 0) is 5.56 Å². The van der Waals surface area contributed by atoms with Crippen LogP contribution in [0.1, 0.15) is 12.5 Å². The Labute approximate surface area is 128 Å². The van der Waals surface area contributed by atoms with Crippen LogP contribution in [-0.2, 0) is 20.9 Å². The Kier molecular flexibility index (Phi) is 7.31. The molecule has 7 heteroatoms. The number of nitrogens with zero attached hydrogens (tertiary/aromatic N) is 1. The van der Waals surface area contributed by atoms with Crippen LogP contribution in [0, 0.1) is 0 Å². The van der Waals surface area contributed by atoms with Crippen molar-refractivity contribution in [3.63, 3.8) is 0 Å². The molecule has 0 atom stereocenters. The summed E-state index contributed by atoms with van der Waals surface area (Å²) in [7, 11) is 0. The molecule has 3 amide bonds. The number of carbonyl (C=O) groups excluding carboxylic acids is 3. The number of amides is 3. The summed E-state index contributed by atoms with van der Waals surface area (Å²) in [6.07, 6.45) is -0.707. The average molecular weight is 310 g/mol. The van der Waals surface area contributed by atoms with Gasteiger partial charge in [-0.1, -0.05) is 30.3 Å². The third-order valence-corrected chi connectivity index (χ3v) is 2.80. The first-order valence-electron chi connectivity index (χ1n) is 6.41. The van der Waals surface area contributed by atoms with Crippen LogP contribution in [0.25, 0.3) is 0 Å². The molecule has 0 aliphatic heterocycles. The number of alkyl carbamates (subject to hydrolysis) is 1. The SMILES string of the molecule is CC(=O)N(CCS)C(=O)CNC(=O)OCc1ccccc1. The first-order valence-corrected chi connectivity index (χ1v) is 7.04. The van der Waals surface area contributed by atoms with Crippen molar-refractivity contribution in [1.82, 2.24) is 10.2 Å². The number of hydrogen-bond acceptors (Lipinski definition) is 5. The van der Waals surface area contributed by atoms with Gasteiger partial charge in [-0.3, -0.25) is 14.5 Å². The van der Waals surface area contributed by atoms with E-state index < -0.39 is 12.0 Å². The van der Waals surface area contributed by atoms with Gasteiger partial charge in [0, 0.05) is 19.2 Å². The molecule has 6 nitrogen and oxygen atoms in total. The lowest BCUT2D eigenvalue weighted by atomic mass is 10.2. The quantitative estimate of drug-likeness (QED) is 0.775. The molecule has 0 aliphatic rings. The highest BCUT2D eigenvalue weighted by Crippen LogP contribution is 2.00. The van der Waals surface area contributed by atoms with Gasteiger partial charge >= 0.3 is 6.09 Å². The van der Waals surface area contributed by atoms with Crippen LogP contribution >= 0.6 is 12.6 Å². The van der Waals surface area contributed by atoms with Crippen molar-refractivity contribution < 1.29 is 19.1 Å². The van der Waals surface area contributed by atoms with Crippen LogP contribution < -0.4 is 5.32 Å². The zero-order chi connectivity index (χ0) is 15.7. The van der Waals surface area contributed by atoms with Crippen molar-refractivity contribution in [2.75, 3.05) is 18.8 Å². The first kappa shape index (κ1) is 17.0. The van der Waals surface area contributed by atoms with E-state index in [-0.39, 0.29) is 25.6 Å². The molecule has 0 unspecified atom stereocenters. The molecule has 0 bridgehead atoms. The summed E-state index contributed by atoms with van der Waals surface area (Å²) in [5.41, 5.74) is 0.847. The minimum Gasteiger partial charge on any atom is -0.445 e. The normalized spacial score (nSPS) is 9.81. The predicted molar refractivity (Wildman–Crippen MR) is 80.9 cm³/mol. The second-order valence-corrected chi connectivity index (χ2v) is 4.65. The lowest BCUT2D eigenvalue weighted by Gasteiger charge is -2.18. The molecule has 0 saturated heterocycles. The molecule has 0 fully saturated rings. The van der Waals surface area contributed by atoms with Crippen molar-refractivity contribution in [1.29, 1.82) is 0 Å². The average Bonchev–Trinajstić information content (AvgIpc) is 2.49. The molecular weight excluding hydrogens is 292 g/mol. The Morgan fingerprint density at radius 2 is 1.90 bits per heavy atom. The number of nitrogens with one attached hydrogen (secondary N) is 1. The van der Waals surface area contributed by atoms with Crippen molar-refractivity contribution >= 4 is 30.5 Å². The maximum Gasteiger partial charge on any atom is 0.407 e. The van der Waals surface area contributed by atoms with Gasteiger partial charge in [0.25, 0.3) is 0 Å². The molecule has 114 valence electrons. The van der Waals surface area contributed by atoms with Crippen LogP contribution in [-0.4, -0.2) is 41.6 Å².